The lowest BCUT2D eigenvalue weighted by Gasteiger charge is -2.33. The van der Waals surface area contributed by atoms with Gasteiger partial charge in [-0.1, -0.05) is 34.8 Å². The molecular formula is C10H16Cl3N3O3. The number of hydrogen-bond donors (Lipinski definition) is 2. The fourth-order valence-electron chi connectivity index (χ4n) is 1.61. The molecule has 0 aromatic heterocycles. The van der Waals surface area contributed by atoms with Gasteiger partial charge in [0.1, 0.15) is 12.6 Å². The molecule has 6 nitrogen and oxygen atoms in total. The molecule has 0 bridgehead atoms. The minimum Gasteiger partial charge on any atom is -0.460 e. The lowest BCUT2D eigenvalue weighted by molar-refractivity contribution is -0.152. The zero-order valence-electron chi connectivity index (χ0n) is 10.4. The Labute approximate surface area is 126 Å². The topological polar surface area (TPSA) is 84.7 Å². The molecule has 0 aliphatic carbocycles. The Bertz CT molecular complexity index is 347. The molecule has 1 heterocycles. The van der Waals surface area contributed by atoms with Crippen LogP contribution in [0.3, 0.4) is 0 Å². The molecule has 0 saturated carbocycles. The van der Waals surface area contributed by atoms with Crippen molar-refractivity contribution in [2.24, 2.45) is 5.73 Å². The van der Waals surface area contributed by atoms with Crippen LogP contribution in [-0.2, 0) is 14.3 Å². The van der Waals surface area contributed by atoms with Gasteiger partial charge in [0, 0.05) is 6.54 Å². The molecule has 0 aromatic carbocycles. The van der Waals surface area contributed by atoms with Gasteiger partial charge in [-0.2, -0.15) is 0 Å². The third-order valence-electron chi connectivity index (χ3n) is 2.50. The van der Waals surface area contributed by atoms with Gasteiger partial charge in [-0.15, -0.1) is 0 Å². The molecule has 9 heteroatoms. The lowest BCUT2D eigenvalue weighted by Crippen LogP contribution is -2.58. The normalized spacial score (nSPS) is 21.9. The summed E-state index contributed by atoms with van der Waals surface area (Å²) < 4.78 is 3.22. The van der Waals surface area contributed by atoms with Crippen molar-refractivity contribution in [3.05, 3.63) is 0 Å². The highest BCUT2D eigenvalue weighted by molar-refractivity contribution is 6.67. The fraction of sp³-hybridized carbons (Fsp3) is 0.800. The Morgan fingerprint density at radius 2 is 2.16 bits per heavy atom. The van der Waals surface area contributed by atoms with Crippen molar-refractivity contribution in [1.82, 2.24) is 10.4 Å². The molecule has 0 spiro atoms. The molecule has 1 aliphatic rings. The summed E-state index contributed by atoms with van der Waals surface area (Å²) in [6.45, 7) is 1.74. The minimum atomic E-state index is -1.65. The minimum absolute atomic E-state index is 0.279. The number of esters is 1. The van der Waals surface area contributed by atoms with Gasteiger partial charge in [-0.3, -0.25) is 14.6 Å². The number of alkyl halides is 3. The number of halogens is 3. The molecule has 1 unspecified atom stereocenters. The molecule has 0 aromatic rings. The van der Waals surface area contributed by atoms with E-state index in [2.05, 4.69) is 5.43 Å². The van der Waals surface area contributed by atoms with Gasteiger partial charge in [0.2, 0.25) is 3.79 Å². The Morgan fingerprint density at radius 1 is 1.53 bits per heavy atom. The van der Waals surface area contributed by atoms with Gasteiger partial charge in [0.25, 0.3) is 5.91 Å². The van der Waals surface area contributed by atoms with Crippen LogP contribution in [-0.4, -0.2) is 45.9 Å². The van der Waals surface area contributed by atoms with Crippen molar-refractivity contribution >= 4 is 46.7 Å². The van der Waals surface area contributed by atoms with Crippen molar-refractivity contribution < 1.29 is 14.3 Å². The smallest absolute Gasteiger partial charge is 0.325 e. The number of amides is 1. The molecule has 2 atom stereocenters. The van der Waals surface area contributed by atoms with E-state index in [1.165, 1.54) is 5.01 Å². The van der Waals surface area contributed by atoms with Gasteiger partial charge in [-0.05, 0) is 19.8 Å². The average Bonchev–Trinajstić information content (AvgIpc) is 2.34. The van der Waals surface area contributed by atoms with E-state index in [0.29, 0.717) is 19.4 Å². The van der Waals surface area contributed by atoms with Gasteiger partial charge in [0.05, 0.1) is 6.04 Å². The highest BCUT2D eigenvalue weighted by atomic mass is 35.6. The number of nitrogens with zero attached hydrogens (tertiary/aromatic N) is 1. The van der Waals surface area contributed by atoms with Crippen molar-refractivity contribution in [2.75, 3.05) is 13.2 Å². The van der Waals surface area contributed by atoms with Crippen LogP contribution in [0, 0.1) is 0 Å². The van der Waals surface area contributed by atoms with Crippen LogP contribution in [0.1, 0.15) is 19.8 Å². The van der Waals surface area contributed by atoms with E-state index in [1.54, 1.807) is 6.92 Å². The summed E-state index contributed by atoms with van der Waals surface area (Å²) in [6.07, 6.45) is 1.21. The molecule has 1 rings (SSSR count). The maximum atomic E-state index is 11.8. The summed E-state index contributed by atoms with van der Waals surface area (Å²) in [7, 11) is 0. The van der Waals surface area contributed by atoms with Crippen LogP contribution < -0.4 is 11.2 Å². The van der Waals surface area contributed by atoms with Crippen LogP contribution in [0.25, 0.3) is 0 Å². The van der Waals surface area contributed by atoms with E-state index in [4.69, 9.17) is 45.3 Å². The summed E-state index contributed by atoms with van der Waals surface area (Å²) in [4.78, 5) is 23.5. The first-order chi connectivity index (χ1) is 8.70. The fourth-order valence-corrected chi connectivity index (χ4v) is 1.78. The highest BCUT2D eigenvalue weighted by Gasteiger charge is 2.31. The largest absolute Gasteiger partial charge is 0.460 e. The second-order valence-corrected chi connectivity index (χ2v) is 6.84. The first-order valence-electron chi connectivity index (χ1n) is 5.77. The van der Waals surface area contributed by atoms with E-state index in [-0.39, 0.29) is 12.5 Å². The monoisotopic (exact) mass is 331 g/mol. The Morgan fingerprint density at radius 3 is 2.68 bits per heavy atom. The van der Waals surface area contributed by atoms with Crippen LogP contribution >= 0.6 is 34.8 Å². The van der Waals surface area contributed by atoms with Gasteiger partial charge in [0.15, 0.2) is 0 Å². The Balaban J connectivity index is 2.50. The summed E-state index contributed by atoms with van der Waals surface area (Å²) >= 11 is 16.5. The molecular weight excluding hydrogens is 316 g/mol. The van der Waals surface area contributed by atoms with Gasteiger partial charge >= 0.3 is 5.97 Å². The van der Waals surface area contributed by atoms with Crippen LogP contribution in [0.5, 0.6) is 0 Å². The highest BCUT2D eigenvalue weighted by Crippen LogP contribution is 2.26. The molecule has 3 N–H and O–H groups in total. The number of carbonyl (C=O) groups excluding carboxylic acids is 2. The number of nitrogens with two attached hydrogens (primary N) is 1. The summed E-state index contributed by atoms with van der Waals surface area (Å²) in [5, 5.41) is 1.33. The predicted molar refractivity (Wildman–Crippen MR) is 72.8 cm³/mol. The molecule has 0 radical (unpaired) electrons. The van der Waals surface area contributed by atoms with E-state index < -0.39 is 21.8 Å². The number of ether oxygens (including phenoxy) is 1. The first-order valence-corrected chi connectivity index (χ1v) is 6.90. The summed E-state index contributed by atoms with van der Waals surface area (Å²) in [5.41, 5.74) is 8.27. The van der Waals surface area contributed by atoms with Crippen molar-refractivity contribution in [2.45, 2.75) is 35.6 Å². The Kier molecular flexibility index (Phi) is 6.14. The standard InChI is InChI=1S/C10H16Cl3N3O3/c1-6(14)8(17)16-4-2-3-7(15-16)9(18)19-5-10(11,12)13/h6-7,15H,2-5,14H2,1H3/t6-,7?/m0/s1. The second kappa shape index (κ2) is 6.95. The summed E-state index contributed by atoms with van der Waals surface area (Å²) in [5.74, 6) is -0.840. The number of nitrogens with one attached hydrogen (secondary N) is 1. The molecule has 19 heavy (non-hydrogen) atoms. The van der Waals surface area contributed by atoms with Gasteiger partial charge in [-0.25, -0.2) is 5.43 Å². The molecule has 1 amide bonds. The number of rotatable bonds is 3. The lowest BCUT2D eigenvalue weighted by atomic mass is 10.1. The predicted octanol–water partition coefficient (Wildman–Crippen LogP) is 0.743. The van der Waals surface area contributed by atoms with E-state index >= 15 is 0 Å². The SMILES string of the molecule is C[C@H](N)C(=O)N1CCCC(C(=O)OCC(Cl)(Cl)Cl)N1. The zero-order valence-corrected chi connectivity index (χ0v) is 12.6. The average molecular weight is 333 g/mol. The van der Waals surface area contributed by atoms with Crippen molar-refractivity contribution in [3.8, 4) is 0 Å². The third kappa shape index (κ3) is 5.71. The van der Waals surface area contributed by atoms with Crippen LogP contribution in [0.15, 0.2) is 0 Å². The quantitative estimate of drug-likeness (QED) is 0.588. The first kappa shape index (κ1) is 16.8. The maximum Gasteiger partial charge on any atom is 0.325 e. The van der Waals surface area contributed by atoms with Crippen molar-refractivity contribution in [3.63, 3.8) is 0 Å². The third-order valence-corrected chi connectivity index (χ3v) is 2.83. The van der Waals surface area contributed by atoms with Crippen molar-refractivity contribution in [1.29, 1.82) is 0 Å². The zero-order chi connectivity index (χ0) is 14.6. The number of hydrogen-bond acceptors (Lipinski definition) is 5. The summed E-state index contributed by atoms with van der Waals surface area (Å²) in [6, 6.07) is -1.27. The van der Waals surface area contributed by atoms with E-state index in [9.17, 15) is 9.59 Å². The number of carbonyl (C=O) groups is 2. The second-order valence-electron chi connectivity index (χ2n) is 4.33. The number of hydrazine groups is 1. The van der Waals surface area contributed by atoms with Gasteiger partial charge < -0.3 is 10.5 Å². The maximum absolute atomic E-state index is 11.8. The van der Waals surface area contributed by atoms with Crippen LogP contribution in [0.4, 0.5) is 0 Å². The van der Waals surface area contributed by atoms with Crippen LogP contribution in [0.2, 0.25) is 0 Å². The molecule has 110 valence electrons. The van der Waals surface area contributed by atoms with E-state index in [0.717, 1.165) is 0 Å². The molecule has 1 saturated heterocycles. The van der Waals surface area contributed by atoms with E-state index in [1.807, 2.05) is 0 Å². The molecule has 1 fully saturated rings. The Hall–Kier alpha value is -0.270. The molecule has 1 aliphatic heterocycles.